The quantitative estimate of drug-likeness (QED) is 0.425. The molecule has 2 aromatic carbocycles. The van der Waals surface area contributed by atoms with Crippen LogP contribution in [0.2, 0.25) is 5.02 Å². The average Bonchev–Trinajstić information content (AvgIpc) is 3.00. The highest BCUT2D eigenvalue weighted by atomic mass is 35.5. The second-order valence-corrected chi connectivity index (χ2v) is 8.33. The van der Waals surface area contributed by atoms with Crippen LogP contribution < -0.4 is 4.90 Å². The summed E-state index contributed by atoms with van der Waals surface area (Å²) in [6, 6.07) is 19.0. The predicted octanol–water partition coefficient (Wildman–Crippen LogP) is 5.92. The van der Waals surface area contributed by atoms with E-state index in [1.807, 2.05) is 18.3 Å². The van der Waals surface area contributed by atoms with Gasteiger partial charge in [0.1, 0.15) is 5.82 Å². The van der Waals surface area contributed by atoms with Gasteiger partial charge in [0.2, 0.25) is 0 Å². The highest BCUT2D eigenvalue weighted by Gasteiger charge is 2.22. The van der Waals surface area contributed by atoms with Crippen LogP contribution in [0.4, 0.5) is 5.82 Å². The summed E-state index contributed by atoms with van der Waals surface area (Å²) in [6.45, 7) is 7.19. The van der Waals surface area contributed by atoms with Gasteiger partial charge in [-0.25, -0.2) is 4.98 Å². The molecule has 0 amide bonds. The molecule has 0 bridgehead atoms. The van der Waals surface area contributed by atoms with Crippen molar-refractivity contribution in [2.24, 2.45) is 0 Å². The zero-order valence-corrected chi connectivity index (χ0v) is 17.6. The van der Waals surface area contributed by atoms with Crippen LogP contribution in [0, 0.1) is 13.8 Å². The molecule has 29 heavy (non-hydrogen) atoms. The van der Waals surface area contributed by atoms with Crippen LogP contribution in [0.3, 0.4) is 0 Å². The third kappa shape index (κ3) is 3.20. The lowest BCUT2D eigenvalue weighted by atomic mass is 9.99. The summed E-state index contributed by atoms with van der Waals surface area (Å²) in [5.41, 5.74) is 7.98. The smallest absolute Gasteiger partial charge is 0.138 e. The summed E-state index contributed by atoms with van der Waals surface area (Å²) in [6.07, 6.45) is 3.02. The molecule has 0 saturated heterocycles. The summed E-state index contributed by atoms with van der Waals surface area (Å²) < 4.78 is 2.40. The molecule has 0 aliphatic carbocycles. The van der Waals surface area contributed by atoms with E-state index < -0.39 is 0 Å². The maximum atomic E-state index is 6.07. The first kappa shape index (κ1) is 18.3. The molecule has 146 valence electrons. The molecular weight excluding hydrogens is 378 g/mol. The van der Waals surface area contributed by atoms with Crippen LogP contribution in [0.1, 0.15) is 27.9 Å². The molecule has 0 atom stereocenters. The molecule has 0 N–H and O–H groups in total. The lowest BCUT2D eigenvalue weighted by Gasteiger charge is -2.30. The molecule has 1 aliphatic heterocycles. The average molecular weight is 402 g/mol. The SMILES string of the molecule is Cc1c(C)n(Cc2ccc(Cl)cc2)c2ccnc(N3CCc4ccccc4C3)c12. The number of aromatic nitrogens is 2. The molecule has 1 aliphatic rings. The number of rotatable bonds is 3. The van der Waals surface area contributed by atoms with Gasteiger partial charge in [-0.15, -0.1) is 0 Å². The van der Waals surface area contributed by atoms with Crippen molar-refractivity contribution in [1.29, 1.82) is 0 Å². The Kier molecular flexibility index (Phi) is 4.56. The van der Waals surface area contributed by atoms with Gasteiger partial charge in [0.05, 0.1) is 5.52 Å². The molecule has 3 heterocycles. The van der Waals surface area contributed by atoms with Crippen molar-refractivity contribution in [3.63, 3.8) is 0 Å². The summed E-state index contributed by atoms with van der Waals surface area (Å²) in [4.78, 5) is 7.27. The third-order valence-corrected chi connectivity index (χ3v) is 6.46. The monoisotopic (exact) mass is 401 g/mol. The standard InChI is InChI=1S/C25H24ClN3/c1-17-18(2)29(15-19-7-9-22(26)10-8-19)23-11-13-27-25(24(17)23)28-14-12-20-5-3-4-6-21(20)16-28/h3-11,13H,12,14-16H2,1-2H3. The largest absolute Gasteiger partial charge is 0.351 e. The van der Waals surface area contributed by atoms with Gasteiger partial charge in [0, 0.05) is 41.9 Å². The van der Waals surface area contributed by atoms with E-state index in [-0.39, 0.29) is 0 Å². The maximum Gasteiger partial charge on any atom is 0.138 e. The summed E-state index contributed by atoms with van der Waals surface area (Å²) in [5.74, 6) is 1.10. The number of halogens is 1. The van der Waals surface area contributed by atoms with E-state index in [1.165, 1.54) is 38.9 Å². The fourth-order valence-corrected chi connectivity index (χ4v) is 4.61. The number of hydrogen-bond acceptors (Lipinski definition) is 2. The van der Waals surface area contributed by atoms with Crippen molar-refractivity contribution in [1.82, 2.24) is 9.55 Å². The molecule has 0 spiro atoms. The Morgan fingerprint density at radius 3 is 2.52 bits per heavy atom. The van der Waals surface area contributed by atoms with Crippen molar-refractivity contribution in [2.45, 2.75) is 33.4 Å². The van der Waals surface area contributed by atoms with Crippen LogP contribution in [0.5, 0.6) is 0 Å². The number of aryl methyl sites for hydroxylation is 1. The van der Waals surface area contributed by atoms with Crippen LogP contribution in [0.15, 0.2) is 60.8 Å². The van der Waals surface area contributed by atoms with Crippen LogP contribution >= 0.6 is 11.6 Å². The zero-order chi connectivity index (χ0) is 20.0. The molecule has 3 nitrogen and oxygen atoms in total. The minimum Gasteiger partial charge on any atom is -0.351 e. The fraction of sp³-hybridized carbons (Fsp3) is 0.240. The number of anilines is 1. The molecule has 0 fully saturated rings. The lowest BCUT2D eigenvalue weighted by Crippen LogP contribution is -2.31. The molecule has 2 aromatic heterocycles. The Morgan fingerprint density at radius 1 is 0.966 bits per heavy atom. The minimum absolute atomic E-state index is 0.774. The van der Waals surface area contributed by atoms with E-state index in [2.05, 4.69) is 65.8 Å². The molecule has 4 aromatic rings. The lowest BCUT2D eigenvalue weighted by molar-refractivity contribution is 0.724. The fourth-order valence-electron chi connectivity index (χ4n) is 4.48. The first-order valence-electron chi connectivity index (χ1n) is 10.1. The van der Waals surface area contributed by atoms with E-state index >= 15 is 0 Å². The number of hydrogen-bond donors (Lipinski definition) is 0. The predicted molar refractivity (Wildman–Crippen MR) is 121 cm³/mol. The summed E-state index contributed by atoms with van der Waals surface area (Å²) >= 11 is 6.07. The molecular formula is C25H24ClN3. The number of benzene rings is 2. The first-order chi connectivity index (χ1) is 14.1. The van der Waals surface area contributed by atoms with E-state index in [9.17, 15) is 0 Å². The van der Waals surface area contributed by atoms with E-state index in [0.29, 0.717) is 0 Å². The Morgan fingerprint density at radius 2 is 1.72 bits per heavy atom. The maximum absolute atomic E-state index is 6.07. The normalized spacial score (nSPS) is 13.7. The topological polar surface area (TPSA) is 21.1 Å². The third-order valence-electron chi connectivity index (χ3n) is 6.21. The second kappa shape index (κ2) is 7.23. The van der Waals surface area contributed by atoms with Gasteiger partial charge in [0.25, 0.3) is 0 Å². The van der Waals surface area contributed by atoms with Crippen LogP contribution in [-0.2, 0) is 19.5 Å². The Labute approximate surface area is 176 Å². The summed E-state index contributed by atoms with van der Waals surface area (Å²) in [7, 11) is 0. The van der Waals surface area contributed by atoms with Crippen molar-refractivity contribution < 1.29 is 0 Å². The van der Waals surface area contributed by atoms with Crippen LogP contribution in [0.25, 0.3) is 10.9 Å². The molecule has 4 heteroatoms. The zero-order valence-electron chi connectivity index (χ0n) is 16.8. The van der Waals surface area contributed by atoms with Crippen LogP contribution in [-0.4, -0.2) is 16.1 Å². The van der Waals surface area contributed by atoms with Gasteiger partial charge in [0.15, 0.2) is 0 Å². The van der Waals surface area contributed by atoms with E-state index in [0.717, 1.165) is 36.9 Å². The van der Waals surface area contributed by atoms with Gasteiger partial charge in [-0.2, -0.15) is 0 Å². The van der Waals surface area contributed by atoms with Gasteiger partial charge < -0.3 is 9.47 Å². The molecule has 0 radical (unpaired) electrons. The highest BCUT2D eigenvalue weighted by molar-refractivity contribution is 6.30. The van der Waals surface area contributed by atoms with Crippen molar-refractivity contribution in [2.75, 3.05) is 11.4 Å². The summed E-state index contributed by atoms with van der Waals surface area (Å²) in [5, 5.41) is 2.05. The van der Waals surface area contributed by atoms with Gasteiger partial charge in [-0.1, -0.05) is 48.0 Å². The van der Waals surface area contributed by atoms with Gasteiger partial charge in [-0.05, 0) is 60.7 Å². The molecule has 5 rings (SSSR count). The number of nitrogens with zero attached hydrogens (tertiary/aromatic N) is 3. The van der Waals surface area contributed by atoms with E-state index in [4.69, 9.17) is 16.6 Å². The minimum atomic E-state index is 0.774. The Bertz CT molecular complexity index is 1190. The molecule has 0 saturated carbocycles. The Hall–Kier alpha value is -2.78. The molecule has 0 unspecified atom stereocenters. The first-order valence-corrected chi connectivity index (χ1v) is 10.5. The van der Waals surface area contributed by atoms with E-state index in [1.54, 1.807) is 0 Å². The second-order valence-electron chi connectivity index (χ2n) is 7.89. The number of fused-ring (bicyclic) bond motifs is 2. The van der Waals surface area contributed by atoms with Gasteiger partial charge >= 0.3 is 0 Å². The number of pyridine rings is 1. The van der Waals surface area contributed by atoms with Crippen molar-refractivity contribution in [3.05, 3.63) is 93.8 Å². The highest BCUT2D eigenvalue weighted by Crippen LogP contribution is 2.34. The van der Waals surface area contributed by atoms with Crippen molar-refractivity contribution >= 4 is 28.3 Å². The van der Waals surface area contributed by atoms with Gasteiger partial charge in [-0.3, -0.25) is 0 Å². The van der Waals surface area contributed by atoms with Crippen molar-refractivity contribution in [3.8, 4) is 0 Å². The Balaban J connectivity index is 1.57.